The zero-order chi connectivity index (χ0) is 8.81. The van der Waals surface area contributed by atoms with E-state index >= 15 is 0 Å². The van der Waals surface area contributed by atoms with Crippen LogP contribution in [-0.4, -0.2) is 17.6 Å². The van der Waals surface area contributed by atoms with Gasteiger partial charge in [-0.15, -0.1) is 0 Å². The molecule has 0 fully saturated rings. The fourth-order valence-corrected chi connectivity index (χ4v) is 0.931. The molecular formula is C9H15N3. The summed E-state index contributed by atoms with van der Waals surface area (Å²) in [5, 5.41) is 3.21. The van der Waals surface area contributed by atoms with Crippen molar-refractivity contribution in [2.75, 3.05) is 6.54 Å². The number of hydrogen-bond acceptors (Lipinski definition) is 3. The molecule has 0 radical (unpaired) electrons. The molecule has 0 saturated carbocycles. The van der Waals surface area contributed by atoms with E-state index in [0.29, 0.717) is 0 Å². The second kappa shape index (κ2) is 4.85. The number of rotatable bonds is 4. The zero-order valence-electron chi connectivity index (χ0n) is 7.33. The number of pyridine rings is 1. The van der Waals surface area contributed by atoms with E-state index in [1.54, 1.807) is 6.20 Å². The van der Waals surface area contributed by atoms with Crippen molar-refractivity contribution in [1.29, 1.82) is 0 Å². The zero-order valence-corrected chi connectivity index (χ0v) is 7.33. The summed E-state index contributed by atoms with van der Waals surface area (Å²) in [6.45, 7) is 3.60. The van der Waals surface area contributed by atoms with Gasteiger partial charge in [0.25, 0.3) is 0 Å². The highest BCUT2D eigenvalue weighted by Gasteiger charge is 1.94. The van der Waals surface area contributed by atoms with Crippen molar-refractivity contribution in [2.24, 2.45) is 5.73 Å². The Hall–Kier alpha value is -0.930. The predicted octanol–water partition coefficient (Wildman–Crippen LogP) is 0.518. The van der Waals surface area contributed by atoms with E-state index in [2.05, 4.69) is 10.3 Å². The first-order valence-corrected chi connectivity index (χ1v) is 4.15. The number of hydrogen-bond donors (Lipinski definition) is 2. The van der Waals surface area contributed by atoms with Gasteiger partial charge in [-0.2, -0.15) is 0 Å². The van der Waals surface area contributed by atoms with Crippen molar-refractivity contribution in [3.05, 3.63) is 30.1 Å². The third kappa shape index (κ3) is 3.46. The molecule has 1 rings (SSSR count). The van der Waals surface area contributed by atoms with Gasteiger partial charge in [-0.3, -0.25) is 4.98 Å². The van der Waals surface area contributed by atoms with Crippen molar-refractivity contribution in [3.8, 4) is 0 Å². The van der Waals surface area contributed by atoms with Gasteiger partial charge in [0.1, 0.15) is 0 Å². The lowest BCUT2D eigenvalue weighted by Gasteiger charge is -2.06. The fourth-order valence-electron chi connectivity index (χ4n) is 0.931. The van der Waals surface area contributed by atoms with Gasteiger partial charge in [0.15, 0.2) is 0 Å². The van der Waals surface area contributed by atoms with Gasteiger partial charge in [-0.05, 0) is 19.1 Å². The molecule has 12 heavy (non-hydrogen) atoms. The molecule has 1 unspecified atom stereocenters. The Bertz CT molecular complexity index is 208. The maximum Gasteiger partial charge on any atom is 0.0541 e. The maximum atomic E-state index is 5.57. The first-order valence-electron chi connectivity index (χ1n) is 4.15. The normalized spacial score (nSPS) is 12.8. The van der Waals surface area contributed by atoms with Crippen LogP contribution in [0.1, 0.15) is 12.6 Å². The Morgan fingerprint density at radius 1 is 1.58 bits per heavy atom. The van der Waals surface area contributed by atoms with Crippen LogP contribution < -0.4 is 11.1 Å². The van der Waals surface area contributed by atoms with E-state index in [4.69, 9.17) is 5.73 Å². The van der Waals surface area contributed by atoms with Crippen LogP contribution in [0.3, 0.4) is 0 Å². The van der Waals surface area contributed by atoms with Crippen molar-refractivity contribution >= 4 is 0 Å². The van der Waals surface area contributed by atoms with Gasteiger partial charge in [0.05, 0.1) is 5.69 Å². The number of aromatic nitrogens is 1. The van der Waals surface area contributed by atoms with Crippen LogP contribution in [0.2, 0.25) is 0 Å². The van der Waals surface area contributed by atoms with Crippen LogP contribution in [0.4, 0.5) is 0 Å². The van der Waals surface area contributed by atoms with E-state index in [1.807, 2.05) is 25.1 Å². The van der Waals surface area contributed by atoms with Gasteiger partial charge in [0.2, 0.25) is 0 Å². The van der Waals surface area contributed by atoms with E-state index in [9.17, 15) is 0 Å². The van der Waals surface area contributed by atoms with Crippen molar-refractivity contribution in [2.45, 2.75) is 19.5 Å². The monoisotopic (exact) mass is 165 g/mol. The average molecular weight is 165 g/mol. The van der Waals surface area contributed by atoms with E-state index < -0.39 is 0 Å². The van der Waals surface area contributed by atoms with Gasteiger partial charge in [-0.1, -0.05) is 6.07 Å². The molecule has 3 heteroatoms. The summed E-state index contributed by atoms with van der Waals surface area (Å²) in [6, 6.07) is 6.09. The number of nitrogens with two attached hydrogens (primary N) is 1. The van der Waals surface area contributed by atoms with Crippen LogP contribution in [-0.2, 0) is 6.54 Å². The van der Waals surface area contributed by atoms with E-state index in [1.165, 1.54) is 0 Å². The molecule has 1 aromatic rings. The highest BCUT2D eigenvalue weighted by atomic mass is 14.9. The topological polar surface area (TPSA) is 50.9 Å². The third-order valence-corrected chi connectivity index (χ3v) is 1.50. The molecule has 0 saturated heterocycles. The lowest BCUT2D eigenvalue weighted by atomic mass is 10.3. The first-order chi connectivity index (χ1) is 5.79. The summed E-state index contributed by atoms with van der Waals surface area (Å²) in [5.74, 6) is 0. The SMILES string of the molecule is CC(N)CNCc1ccccn1. The van der Waals surface area contributed by atoms with Crippen LogP contribution in [0.5, 0.6) is 0 Å². The van der Waals surface area contributed by atoms with E-state index in [0.717, 1.165) is 18.8 Å². The number of nitrogens with zero attached hydrogens (tertiary/aromatic N) is 1. The fraction of sp³-hybridized carbons (Fsp3) is 0.444. The molecular weight excluding hydrogens is 150 g/mol. The van der Waals surface area contributed by atoms with Crippen LogP contribution in [0.25, 0.3) is 0 Å². The highest BCUT2D eigenvalue weighted by molar-refractivity contribution is 5.02. The van der Waals surface area contributed by atoms with E-state index in [-0.39, 0.29) is 6.04 Å². The maximum absolute atomic E-state index is 5.57. The lowest BCUT2D eigenvalue weighted by Crippen LogP contribution is -2.30. The minimum Gasteiger partial charge on any atom is -0.327 e. The molecule has 0 bridgehead atoms. The Balaban J connectivity index is 2.25. The molecule has 0 spiro atoms. The molecule has 0 aliphatic heterocycles. The minimum atomic E-state index is 0.203. The molecule has 0 aliphatic rings. The van der Waals surface area contributed by atoms with Gasteiger partial charge < -0.3 is 11.1 Å². The second-order valence-corrected chi connectivity index (χ2v) is 2.93. The largest absolute Gasteiger partial charge is 0.327 e. The molecule has 1 heterocycles. The standard InChI is InChI=1S/C9H15N3/c1-8(10)6-11-7-9-4-2-3-5-12-9/h2-5,8,11H,6-7,10H2,1H3. The summed E-state index contributed by atoms with van der Waals surface area (Å²) in [5.41, 5.74) is 6.63. The van der Waals surface area contributed by atoms with Crippen molar-refractivity contribution in [1.82, 2.24) is 10.3 Å². The average Bonchev–Trinajstić information content (AvgIpc) is 2.05. The third-order valence-electron chi connectivity index (χ3n) is 1.50. The summed E-state index contributed by atoms with van der Waals surface area (Å²) >= 11 is 0. The summed E-state index contributed by atoms with van der Waals surface area (Å²) in [4.78, 5) is 4.17. The molecule has 66 valence electrons. The molecule has 3 nitrogen and oxygen atoms in total. The molecule has 0 aliphatic carbocycles. The quantitative estimate of drug-likeness (QED) is 0.683. The Labute approximate surface area is 73.0 Å². The van der Waals surface area contributed by atoms with Crippen LogP contribution >= 0.6 is 0 Å². The molecule has 0 aromatic carbocycles. The predicted molar refractivity (Wildman–Crippen MR) is 49.6 cm³/mol. The highest BCUT2D eigenvalue weighted by Crippen LogP contribution is 1.91. The smallest absolute Gasteiger partial charge is 0.0541 e. The Kier molecular flexibility index (Phi) is 3.70. The van der Waals surface area contributed by atoms with Gasteiger partial charge in [0, 0.05) is 25.3 Å². The van der Waals surface area contributed by atoms with Crippen molar-refractivity contribution < 1.29 is 0 Å². The van der Waals surface area contributed by atoms with Crippen molar-refractivity contribution in [3.63, 3.8) is 0 Å². The summed E-state index contributed by atoms with van der Waals surface area (Å²) in [7, 11) is 0. The Morgan fingerprint density at radius 2 is 2.42 bits per heavy atom. The number of nitrogens with one attached hydrogen (secondary N) is 1. The molecule has 1 aromatic heterocycles. The molecule has 1 atom stereocenters. The van der Waals surface area contributed by atoms with Crippen LogP contribution in [0.15, 0.2) is 24.4 Å². The summed E-state index contributed by atoms with van der Waals surface area (Å²) in [6.07, 6.45) is 1.79. The molecule has 3 N–H and O–H groups in total. The minimum absolute atomic E-state index is 0.203. The lowest BCUT2D eigenvalue weighted by molar-refractivity contribution is 0.602. The first kappa shape index (κ1) is 9.16. The van der Waals surface area contributed by atoms with Gasteiger partial charge in [-0.25, -0.2) is 0 Å². The second-order valence-electron chi connectivity index (χ2n) is 2.93. The van der Waals surface area contributed by atoms with Crippen LogP contribution in [0, 0.1) is 0 Å². The summed E-state index contributed by atoms with van der Waals surface area (Å²) < 4.78 is 0. The Morgan fingerprint density at radius 3 is 3.00 bits per heavy atom. The van der Waals surface area contributed by atoms with Gasteiger partial charge >= 0.3 is 0 Å². The molecule has 0 amide bonds.